The summed E-state index contributed by atoms with van der Waals surface area (Å²) in [4.78, 5) is 0. The summed E-state index contributed by atoms with van der Waals surface area (Å²) in [6, 6.07) is 6.20. The minimum absolute atomic E-state index is 0.0802. The van der Waals surface area contributed by atoms with Crippen molar-refractivity contribution in [3.63, 3.8) is 0 Å². The molecule has 0 saturated heterocycles. The number of nitrogens with zero attached hydrogens (tertiary/aromatic N) is 1. The number of halogens is 3. The van der Waals surface area contributed by atoms with E-state index in [0.717, 1.165) is 0 Å². The maximum atomic E-state index is 11.8. The van der Waals surface area contributed by atoms with Gasteiger partial charge in [0.1, 0.15) is 5.75 Å². The number of hydrogen-bond acceptors (Lipinski definition) is 2. The number of ether oxygens (including phenoxy) is 1. The van der Waals surface area contributed by atoms with E-state index >= 15 is 0 Å². The van der Waals surface area contributed by atoms with Crippen LogP contribution in [0.2, 0.25) is 5.02 Å². The molecule has 0 aliphatic rings. The van der Waals surface area contributed by atoms with Gasteiger partial charge in [-0.2, -0.15) is 14.0 Å². The standard InChI is InChI=1S/C9H6ClF2NO/c10-7-5-6(3-4-13)1-2-8(7)14-9(11)12/h1-2,5,9H,3H2. The molecular weight excluding hydrogens is 212 g/mol. The molecule has 0 N–H and O–H groups in total. The quantitative estimate of drug-likeness (QED) is 0.780. The summed E-state index contributed by atoms with van der Waals surface area (Å²) in [5.74, 6) is -0.0802. The average Bonchev–Trinajstić information content (AvgIpc) is 2.10. The Morgan fingerprint density at radius 1 is 1.50 bits per heavy atom. The second-order valence-electron chi connectivity index (χ2n) is 2.48. The molecule has 5 heteroatoms. The highest BCUT2D eigenvalue weighted by atomic mass is 35.5. The molecule has 1 aromatic carbocycles. The highest BCUT2D eigenvalue weighted by Gasteiger charge is 2.08. The number of hydrogen-bond donors (Lipinski definition) is 0. The average molecular weight is 218 g/mol. The van der Waals surface area contributed by atoms with Crippen LogP contribution in [-0.4, -0.2) is 6.61 Å². The van der Waals surface area contributed by atoms with E-state index in [1.165, 1.54) is 18.2 Å². The lowest BCUT2D eigenvalue weighted by atomic mass is 10.2. The summed E-state index contributed by atoms with van der Waals surface area (Å²) in [5.41, 5.74) is 0.666. The second kappa shape index (κ2) is 4.77. The lowest BCUT2D eigenvalue weighted by Crippen LogP contribution is -2.02. The zero-order valence-electron chi connectivity index (χ0n) is 7.01. The van der Waals surface area contributed by atoms with Crippen LogP contribution in [0.5, 0.6) is 5.75 Å². The first kappa shape index (κ1) is 10.7. The predicted octanol–water partition coefficient (Wildman–Crippen LogP) is 3.01. The van der Waals surface area contributed by atoms with Crippen LogP contribution in [-0.2, 0) is 6.42 Å². The molecule has 74 valence electrons. The van der Waals surface area contributed by atoms with Crippen molar-refractivity contribution in [2.45, 2.75) is 13.0 Å². The molecule has 0 atom stereocenters. The summed E-state index contributed by atoms with van der Waals surface area (Å²) in [6.45, 7) is -2.89. The minimum Gasteiger partial charge on any atom is -0.433 e. The minimum atomic E-state index is -2.89. The van der Waals surface area contributed by atoms with E-state index in [1.54, 1.807) is 0 Å². The fourth-order valence-corrected chi connectivity index (χ4v) is 1.18. The van der Waals surface area contributed by atoms with Crippen molar-refractivity contribution in [2.24, 2.45) is 0 Å². The Bertz CT molecular complexity index is 362. The molecule has 2 nitrogen and oxygen atoms in total. The molecule has 14 heavy (non-hydrogen) atoms. The van der Waals surface area contributed by atoms with Gasteiger partial charge in [-0.25, -0.2) is 0 Å². The van der Waals surface area contributed by atoms with Gasteiger partial charge >= 0.3 is 6.61 Å². The Morgan fingerprint density at radius 2 is 2.21 bits per heavy atom. The van der Waals surface area contributed by atoms with E-state index < -0.39 is 6.61 Å². The maximum absolute atomic E-state index is 11.8. The van der Waals surface area contributed by atoms with Crippen molar-refractivity contribution < 1.29 is 13.5 Å². The molecule has 0 radical (unpaired) electrons. The third-order valence-corrected chi connectivity index (χ3v) is 1.79. The lowest BCUT2D eigenvalue weighted by molar-refractivity contribution is -0.0497. The van der Waals surface area contributed by atoms with Crippen molar-refractivity contribution in [3.8, 4) is 11.8 Å². The van der Waals surface area contributed by atoms with E-state index in [0.29, 0.717) is 5.56 Å². The van der Waals surface area contributed by atoms with Crippen LogP contribution < -0.4 is 4.74 Å². The molecular formula is C9H6ClF2NO. The third-order valence-electron chi connectivity index (χ3n) is 1.50. The van der Waals surface area contributed by atoms with Crippen LogP contribution >= 0.6 is 11.6 Å². The topological polar surface area (TPSA) is 33.0 Å². The van der Waals surface area contributed by atoms with Gasteiger partial charge < -0.3 is 4.74 Å². The van der Waals surface area contributed by atoms with Crippen LogP contribution in [0.4, 0.5) is 8.78 Å². The van der Waals surface area contributed by atoms with Crippen LogP contribution in [0.25, 0.3) is 0 Å². The van der Waals surface area contributed by atoms with Crippen LogP contribution in [0.1, 0.15) is 5.56 Å². The molecule has 0 bridgehead atoms. The molecule has 0 saturated carbocycles. The monoisotopic (exact) mass is 217 g/mol. The van der Waals surface area contributed by atoms with Gasteiger partial charge in [0.05, 0.1) is 17.5 Å². The van der Waals surface area contributed by atoms with Crippen molar-refractivity contribution in [1.82, 2.24) is 0 Å². The molecule has 0 fully saturated rings. The van der Waals surface area contributed by atoms with E-state index in [2.05, 4.69) is 4.74 Å². The van der Waals surface area contributed by atoms with Crippen molar-refractivity contribution in [3.05, 3.63) is 28.8 Å². The largest absolute Gasteiger partial charge is 0.433 e. The molecule has 0 unspecified atom stereocenters. The third kappa shape index (κ3) is 2.86. The smallest absolute Gasteiger partial charge is 0.387 e. The Labute approximate surface area is 84.7 Å². The number of benzene rings is 1. The van der Waals surface area contributed by atoms with Gasteiger partial charge in [-0.3, -0.25) is 0 Å². The van der Waals surface area contributed by atoms with Crippen LogP contribution in [0.3, 0.4) is 0 Å². The fraction of sp³-hybridized carbons (Fsp3) is 0.222. The molecule has 0 aliphatic heterocycles. The van der Waals surface area contributed by atoms with Gasteiger partial charge in [0.2, 0.25) is 0 Å². The number of alkyl halides is 2. The predicted molar refractivity (Wildman–Crippen MR) is 47.4 cm³/mol. The molecule has 0 amide bonds. The molecule has 1 aromatic rings. The molecule has 1 rings (SSSR count). The van der Waals surface area contributed by atoms with Crippen LogP contribution in [0, 0.1) is 11.3 Å². The van der Waals surface area contributed by atoms with Crippen molar-refractivity contribution >= 4 is 11.6 Å². The normalized spacial score (nSPS) is 9.93. The van der Waals surface area contributed by atoms with Crippen LogP contribution in [0.15, 0.2) is 18.2 Å². The Morgan fingerprint density at radius 3 is 2.71 bits per heavy atom. The fourth-order valence-electron chi connectivity index (χ4n) is 0.937. The zero-order valence-corrected chi connectivity index (χ0v) is 7.76. The molecule has 0 heterocycles. The lowest BCUT2D eigenvalue weighted by Gasteiger charge is -2.06. The van der Waals surface area contributed by atoms with Gasteiger partial charge in [-0.15, -0.1) is 0 Å². The van der Waals surface area contributed by atoms with Gasteiger partial charge in [0, 0.05) is 0 Å². The van der Waals surface area contributed by atoms with E-state index in [1.807, 2.05) is 6.07 Å². The Balaban J connectivity index is 2.85. The molecule has 0 spiro atoms. The summed E-state index contributed by atoms with van der Waals surface area (Å²) in [7, 11) is 0. The first-order valence-electron chi connectivity index (χ1n) is 3.73. The summed E-state index contributed by atoms with van der Waals surface area (Å²) >= 11 is 5.64. The Kier molecular flexibility index (Phi) is 3.66. The number of nitriles is 1. The Hall–Kier alpha value is -1.34. The first-order valence-corrected chi connectivity index (χ1v) is 4.11. The summed E-state index contributed by atoms with van der Waals surface area (Å²) < 4.78 is 27.8. The molecule has 0 aromatic heterocycles. The van der Waals surface area contributed by atoms with Gasteiger partial charge in [0.25, 0.3) is 0 Å². The highest BCUT2D eigenvalue weighted by molar-refractivity contribution is 6.32. The highest BCUT2D eigenvalue weighted by Crippen LogP contribution is 2.26. The summed E-state index contributed by atoms with van der Waals surface area (Å²) in [6.07, 6.45) is 0.189. The zero-order chi connectivity index (χ0) is 10.6. The molecule has 0 aliphatic carbocycles. The van der Waals surface area contributed by atoms with E-state index in [9.17, 15) is 8.78 Å². The SMILES string of the molecule is N#CCc1ccc(OC(F)F)c(Cl)c1. The van der Waals surface area contributed by atoms with Gasteiger partial charge in [-0.1, -0.05) is 17.7 Å². The second-order valence-corrected chi connectivity index (χ2v) is 2.89. The van der Waals surface area contributed by atoms with Crippen molar-refractivity contribution in [1.29, 1.82) is 5.26 Å². The maximum Gasteiger partial charge on any atom is 0.387 e. The van der Waals surface area contributed by atoms with E-state index in [4.69, 9.17) is 16.9 Å². The van der Waals surface area contributed by atoms with Gasteiger partial charge in [-0.05, 0) is 17.7 Å². The number of rotatable bonds is 3. The summed E-state index contributed by atoms with van der Waals surface area (Å²) in [5, 5.41) is 8.46. The van der Waals surface area contributed by atoms with E-state index in [-0.39, 0.29) is 17.2 Å². The first-order chi connectivity index (χ1) is 6.63. The van der Waals surface area contributed by atoms with Crippen molar-refractivity contribution in [2.75, 3.05) is 0 Å². The van der Waals surface area contributed by atoms with Gasteiger partial charge in [0.15, 0.2) is 0 Å².